The molecule has 0 radical (unpaired) electrons. The molecule has 0 spiro atoms. The molecule has 1 aromatic rings. The third-order valence-corrected chi connectivity index (χ3v) is 5.84. The van der Waals surface area contributed by atoms with Crippen molar-refractivity contribution >= 4 is 9.84 Å². The first-order valence-electron chi connectivity index (χ1n) is 6.09. The maximum atomic E-state index is 12.3. The number of benzene rings is 1. The van der Waals surface area contributed by atoms with Crippen molar-refractivity contribution in [3.63, 3.8) is 0 Å². The van der Waals surface area contributed by atoms with Gasteiger partial charge in [0.05, 0.1) is 11.0 Å². The predicted octanol–water partition coefficient (Wildman–Crippen LogP) is 1.73. The Bertz CT molecular complexity index is 456. The van der Waals surface area contributed by atoms with E-state index in [1.165, 1.54) is 0 Å². The van der Waals surface area contributed by atoms with Crippen LogP contribution in [0.15, 0.2) is 30.3 Å². The zero-order valence-electron chi connectivity index (χ0n) is 9.88. The van der Waals surface area contributed by atoms with E-state index in [-0.39, 0.29) is 16.9 Å². The fourth-order valence-corrected chi connectivity index (χ4v) is 4.89. The van der Waals surface area contributed by atoms with Crippen LogP contribution in [-0.4, -0.2) is 20.2 Å². The van der Waals surface area contributed by atoms with Crippen LogP contribution in [0.4, 0.5) is 0 Å². The van der Waals surface area contributed by atoms with E-state index in [4.69, 9.17) is 5.73 Å². The molecule has 0 aromatic heterocycles. The van der Waals surface area contributed by atoms with Crippen molar-refractivity contribution < 1.29 is 8.42 Å². The molecule has 17 heavy (non-hydrogen) atoms. The van der Waals surface area contributed by atoms with E-state index in [2.05, 4.69) is 0 Å². The third kappa shape index (κ3) is 2.87. The molecule has 0 saturated heterocycles. The SMILES string of the molecule is NCC1CCCC1S(=O)(=O)Cc1ccccc1. The molecular formula is C13H19NO2S. The highest BCUT2D eigenvalue weighted by atomic mass is 32.2. The van der Waals surface area contributed by atoms with Crippen LogP contribution >= 0.6 is 0 Å². The maximum absolute atomic E-state index is 12.3. The first-order valence-corrected chi connectivity index (χ1v) is 7.80. The highest BCUT2D eigenvalue weighted by molar-refractivity contribution is 7.91. The Labute approximate surface area is 103 Å². The van der Waals surface area contributed by atoms with Crippen molar-refractivity contribution in [3.05, 3.63) is 35.9 Å². The Morgan fingerprint density at radius 1 is 1.18 bits per heavy atom. The maximum Gasteiger partial charge on any atom is 0.157 e. The molecule has 2 atom stereocenters. The van der Waals surface area contributed by atoms with Gasteiger partial charge < -0.3 is 5.73 Å². The van der Waals surface area contributed by atoms with Gasteiger partial charge in [-0.2, -0.15) is 0 Å². The van der Waals surface area contributed by atoms with Crippen molar-refractivity contribution in [2.75, 3.05) is 6.54 Å². The Balaban J connectivity index is 2.14. The first kappa shape index (κ1) is 12.6. The summed E-state index contributed by atoms with van der Waals surface area (Å²) in [5.41, 5.74) is 6.52. The van der Waals surface area contributed by atoms with Gasteiger partial charge >= 0.3 is 0 Å². The minimum Gasteiger partial charge on any atom is -0.330 e. The summed E-state index contributed by atoms with van der Waals surface area (Å²) in [5, 5.41) is -0.229. The molecule has 94 valence electrons. The summed E-state index contributed by atoms with van der Waals surface area (Å²) in [7, 11) is -3.05. The molecule has 1 aliphatic carbocycles. The van der Waals surface area contributed by atoms with E-state index >= 15 is 0 Å². The predicted molar refractivity (Wildman–Crippen MR) is 69.2 cm³/mol. The van der Waals surface area contributed by atoms with Crippen LogP contribution in [-0.2, 0) is 15.6 Å². The van der Waals surface area contributed by atoms with E-state index in [0.717, 1.165) is 24.8 Å². The first-order chi connectivity index (χ1) is 8.13. The van der Waals surface area contributed by atoms with Crippen LogP contribution < -0.4 is 5.73 Å². The molecular weight excluding hydrogens is 234 g/mol. The van der Waals surface area contributed by atoms with E-state index in [1.807, 2.05) is 30.3 Å². The van der Waals surface area contributed by atoms with Crippen molar-refractivity contribution in [1.29, 1.82) is 0 Å². The lowest BCUT2D eigenvalue weighted by molar-refractivity contribution is 0.523. The molecule has 2 rings (SSSR count). The monoisotopic (exact) mass is 253 g/mol. The van der Waals surface area contributed by atoms with Crippen LogP contribution in [0.25, 0.3) is 0 Å². The summed E-state index contributed by atoms with van der Waals surface area (Å²) in [6.07, 6.45) is 2.72. The Hall–Kier alpha value is -0.870. The van der Waals surface area contributed by atoms with Gasteiger partial charge in [0.1, 0.15) is 0 Å². The highest BCUT2D eigenvalue weighted by Gasteiger charge is 2.36. The smallest absolute Gasteiger partial charge is 0.157 e. The number of hydrogen-bond donors (Lipinski definition) is 1. The third-order valence-electron chi connectivity index (χ3n) is 3.56. The largest absolute Gasteiger partial charge is 0.330 e. The van der Waals surface area contributed by atoms with Gasteiger partial charge in [0.15, 0.2) is 9.84 Å². The van der Waals surface area contributed by atoms with Gasteiger partial charge in [0.25, 0.3) is 0 Å². The summed E-state index contributed by atoms with van der Waals surface area (Å²) in [5.74, 6) is 0.304. The molecule has 1 saturated carbocycles. The molecule has 2 N–H and O–H groups in total. The van der Waals surface area contributed by atoms with Crippen molar-refractivity contribution in [2.45, 2.75) is 30.3 Å². The van der Waals surface area contributed by atoms with Crippen molar-refractivity contribution in [2.24, 2.45) is 11.7 Å². The molecule has 0 amide bonds. The number of hydrogen-bond acceptors (Lipinski definition) is 3. The van der Waals surface area contributed by atoms with E-state index in [0.29, 0.717) is 6.54 Å². The lowest BCUT2D eigenvalue weighted by Gasteiger charge is -2.18. The lowest BCUT2D eigenvalue weighted by Crippen LogP contribution is -2.31. The van der Waals surface area contributed by atoms with Gasteiger partial charge in [-0.25, -0.2) is 8.42 Å². The normalized spacial score (nSPS) is 25.0. The number of nitrogens with two attached hydrogens (primary N) is 1. The van der Waals surface area contributed by atoms with Gasteiger partial charge in [0, 0.05) is 0 Å². The zero-order chi connectivity index (χ0) is 12.3. The average molecular weight is 253 g/mol. The molecule has 0 bridgehead atoms. The van der Waals surface area contributed by atoms with Crippen LogP contribution in [0.1, 0.15) is 24.8 Å². The van der Waals surface area contributed by atoms with Crippen LogP contribution in [0.2, 0.25) is 0 Å². The van der Waals surface area contributed by atoms with Crippen LogP contribution in [0.5, 0.6) is 0 Å². The summed E-state index contributed by atoms with van der Waals surface area (Å²) >= 11 is 0. The Morgan fingerprint density at radius 3 is 2.53 bits per heavy atom. The average Bonchev–Trinajstić information content (AvgIpc) is 2.78. The van der Waals surface area contributed by atoms with Gasteiger partial charge in [-0.1, -0.05) is 36.8 Å². The second-order valence-corrected chi connectivity index (χ2v) is 6.98. The Kier molecular flexibility index (Phi) is 3.84. The van der Waals surface area contributed by atoms with Crippen LogP contribution in [0, 0.1) is 5.92 Å². The van der Waals surface area contributed by atoms with Crippen molar-refractivity contribution in [1.82, 2.24) is 0 Å². The van der Waals surface area contributed by atoms with E-state index < -0.39 is 9.84 Å². The quantitative estimate of drug-likeness (QED) is 0.889. The summed E-state index contributed by atoms with van der Waals surface area (Å²) in [6.45, 7) is 0.485. The van der Waals surface area contributed by atoms with Gasteiger partial charge in [0.2, 0.25) is 0 Å². The summed E-state index contributed by atoms with van der Waals surface area (Å²) in [4.78, 5) is 0. The lowest BCUT2D eigenvalue weighted by atomic mass is 10.1. The van der Waals surface area contributed by atoms with E-state index in [1.54, 1.807) is 0 Å². The fraction of sp³-hybridized carbons (Fsp3) is 0.538. The molecule has 1 aliphatic rings. The molecule has 3 nitrogen and oxygen atoms in total. The summed E-state index contributed by atoms with van der Waals surface area (Å²) < 4.78 is 24.6. The molecule has 2 unspecified atom stereocenters. The number of sulfone groups is 1. The minimum absolute atomic E-state index is 0.148. The molecule has 0 heterocycles. The molecule has 0 aliphatic heterocycles. The van der Waals surface area contributed by atoms with Crippen molar-refractivity contribution in [3.8, 4) is 0 Å². The second kappa shape index (κ2) is 5.19. The number of rotatable bonds is 4. The van der Waals surface area contributed by atoms with Gasteiger partial charge in [-0.15, -0.1) is 0 Å². The van der Waals surface area contributed by atoms with E-state index in [9.17, 15) is 8.42 Å². The molecule has 4 heteroatoms. The Morgan fingerprint density at radius 2 is 1.88 bits per heavy atom. The second-order valence-electron chi connectivity index (χ2n) is 4.76. The summed E-state index contributed by atoms with van der Waals surface area (Å²) in [6, 6.07) is 9.38. The minimum atomic E-state index is -3.05. The standard InChI is InChI=1S/C13H19NO2S/c14-9-12-7-4-8-13(12)17(15,16)10-11-5-2-1-3-6-11/h1-3,5-6,12-13H,4,7-10,14H2. The highest BCUT2D eigenvalue weighted by Crippen LogP contribution is 2.32. The zero-order valence-corrected chi connectivity index (χ0v) is 10.7. The van der Waals surface area contributed by atoms with Gasteiger partial charge in [-0.3, -0.25) is 0 Å². The molecule has 1 aromatic carbocycles. The van der Waals surface area contributed by atoms with Crippen LogP contribution in [0.3, 0.4) is 0 Å². The van der Waals surface area contributed by atoms with Gasteiger partial charge in [-0.05, 0) is 30.9 Å². The topological polar surface area (TPSA) is 60.2 Å². The molecule has 1 fully saturated rings. The fourth-order valence-electron chi connectivity index (χ4n) is 2.66.